The van der Waals surface area contributed by atoms with Gasteiger partial charge in [0.2, 0.25) is 0 Å². The monoisotopic (exact) mass is 155 g/mol. The molecule has 1 fully saturated rings. The number of allylic oxidation sites excluding steroid dienone is 1. The summed E-state index contributed by atoms with van der Waals surface area (Å²) in [4.78, 5) is 21.1. The van der Waals surface area contributed by atoms with Crippen molar-refractivity contribution < 1.29 is 14.3 Å². The second-order valence-corrected chi connectivity index (χ2v) is 2.21. The Balaban J connectivity index is 2.59. The molecule has 0 aromatic heterocycles. The van der Waals surface area contributed by atoms with E-state index in [1.54, 1.807) is 6.08 Å². The molecule has 0 aliphatic carbocycles. The van der Waals surface area contributed by atoms with Crippen molar-refractivity contribution in [1.29, 1.82) is 0 Å². The molecule has 0 atom stereocenters. The Hall–Kier alpha value is -1.32. The zero-order chi connectivity index (χ0) is 8.27. The second kappa shape index (κ2) is 3.18. The van der Waals surface area contributed by atoms with Gasteiger partial charge in [-0.15, -0.1) is 0 Å². The van der Waals surface area contributed by atoms with Crippen molar-refractivity contribution in [3.63, 3.8) is 0 Å². The van der Waals surface area contributed by atoms with Gasteiger partial charge in [-0.1, -0.05) is 19.4 Å². The molecule has 1 aliphatic rings. The van der Waals surface area contributed by atoms with E-state index >= 15 is 0 Å². The molecule has 0 spiro atoms. The molecule has 60 valence electrons. The van der Waals surface area contributed by atoms with Crippen molar-refractivity contribution in [2.45, 2.75) is 19.8 Å². The van der Waals surface area contributed by atoms with Crippen molar-refractivity contribution in [1.82, 2.24) is 5.32 Å². The number of rotatable bonds is 2. The van der Waals surface area contributed by atoms with Crippen LogP contribution in [-0.2, 0) is 9.53 Å². The lowest BCUT2D eigenvalue weighted by Crippen LogP contribution is -2.11. The molecule has 1 saturated heterocycles. The molecule has 4 nitrogen and oxygen atoms in total. The highest BCUT2D eigenvalue weighted by Crippen LogP contribution is 2.05. The van der Waals surface area contributed by atoms with Crippen LogP contribution >= 0.6 is 0 Å². The number of nitrogens with one attached hydrogen (secondary N) is 1. The van der Waals surface area contributed by atoms with E-state index in [1.807, 2.05) is 6.92 Å². The van der Waals surface area contributed by atoms with E-state index in [2.05, 4.69) is 10.1 Å². The average Bonchev–Trinajstić information content (AvgIpc) is 2.26. The Kier molecular flexibility index (Phi) is 2.25. The third-order valence-electron chi connectivity index (χ3n) is 1.28. The quantitative estimate of drug-likeness (QED) is 0.366. The predicted octanol–water partition coefficient (Wildman–Crippen LogP) is 0.937. The summed E-state index contributed by atoms with van der Waals surface area (Å²) in [5, 5.41) is 2.29. The van der Waals surface area contributed by atoms with Crippen LogP contribution in [0.1, 0.15) is 19.8 Å². The van der Waals surface area contributed by atoms with Gasteiger partial charge < -0.3 is 4.74 Å². The highest BCUT2D eigenvalue weighted by molar-refractivity contribution is 6.03. The number of alkyl carbamates (subject to hydrolysis) is 1. The predicted molar refractivity (Wildman–Crippen MR) is 37.6 cm³/mol. The number of hydrogen-bond donors (Lipinski definition) is 1. The van der Waals surface area contributed by atoms with Gasteiger partial charge in [-0.05, 0) is 6.42 Å². The lowest BCUT2D eigenvalue weighted by Gasteiger charge is -1.88. The molecular weight excluding hydrogens is 146 g/mol. The number of esters is 1. The Bertz CT molecular complexity index is 220. The second-order valence-electron chi connectivity index (χ2n) is 2.21. The number of hydrogen-bond acceptors (Lipinski definition) is 3. The summed E-state index contributed by atoms with van der Waals surface area (Å²) >= 11 is 0. The van der Waals surface area contributed by atoms with Crippen LogP contribution in [0.4, 0.5) is 4.79 Å². The summed E-state index contributed by atoms with van der Waals surface area (Å²) in [6.07, 6.45) is 2.68. The first-order valence-corrected chi connectivity index (χ1v) is 3.47. The van der Waals surface area contributed by atoms with E-state index in [0.29, 0.717) is 0 Å². The van der Waals surface area contributed by atoms with Crippen LogP contribution in [0.5, 0.6) is 0 Å². The molecule has 0 aromatic rings. The van der Waals surface area contributed by atoms with E-state index in [4.69, 9.17) is 0 Å². The summed E-state index contributed by atoms with van der Waals surface area (Å²) in [6.45, 7) is 1.99. The van der Waals surface area contributed by atoms with Gasteiger partial charge in [-0.3, -0.25) is 5.32 Å². The fraction of sp³-hybridized carbons (Fsp3) is 0.429. The Labute approximate surface area is 64.2 Å². The molecular formula is C7H9NO3. The number of carbonyl (C=O) groups excluding carboxylic acids is 2. The zero-order valence-corrected chi connectivity index (χ0v) is 6.22. The lowest BCUT2D eigenvalue weighted by molar-refractivity contribution is -0.130. The minimum absolute atomic E-state index is 0.261. The van der Waals surface area contributed by atoms with Gasteiger partial charge in [0.25, 0.3) is 0 Å². The number of cyclic esters (lactones) is 2. The van der Waals surface area contributed by atoms with Gasteiger partial charge in [0.05, 0.1) is 0 Å². The molecule has 1 amide bonds. The fourth-order valence-electron chi connectivity index (χ4n) is 0.749. The third-order valence-corrected chi connectivity index (χ3v) is 1.28. The molecule has 1 aliphatic heterocycles. The number of unbranched alkanes of at least 4 members (excludes halogenated alkanes) is 1. The van der Waals surface area contributed by atoms with E-state index < -0.39 is 12.1 Å². The van der Waals surface area contributed by atoms with E-state index in [-0.39, 0.29) is 5.70 Å². The molecule has 0 unspecified atom stereocenters. The molecule has 11 heavy (non-hydrogen) atoms. The van der Waals surface area contributed by atoms with Gasteiger partial charge in [0.1, 0.15) is 5.70 Å². The van der Waals surface area contributed by atoms with Crippen LogP contribution in [0, 0.1) is 0 Å². The van der Waals surface area contributed by atoms with E-state index in [0.717, 1.165) is 12.8 Å². The Morgan fingerprint density at radius 2 is 2.27 bits per heavy atom. The lowest BCUT2D eigenvalue weighted by atomic mass is 10.3. The van der Waals surface area contributed by atoms with Crippen molar-refractivity contribution in [2.24, 2.45) is 0 Å². The van der Waals surface area contributed by atoms with Crippen LogP contribution in [0.3, 0.4) is 0 Å². The molecule has 1 heterocycles. The van der Waals surface area contributed by atoms with Crippen LogP contribution in [0.2, 0.25) is 0 Å². The molecule has 0 saturated carbocycles. The molecule has 0 radical (unpaired) electrons. The molecule has 1 rings (SSSR count). The maximum Gasteiger partial charge on any atom is 0.419 e. The number of amides is 1. The number of carbonyl (C=O) groups is 2. The van der Waals surface area contributed by atoms with E-state index in [9.17, 15) is 9.59 Å². The third kappa shape index (κ3) is 1.80. The minimum atomic E-state index is -0.683. The Morgan fingerprint density at radius 1 is 1.55 bits per heavy atom. The van der Waals surface area contributed by atoms with Gasteiger partial charge in [-0.2, -0.15) is 0 Å². The maximum absolute atomic E-state index is 10.7. The maximum atomic E-state index is 10.7. The average molecular weight is 155 g/mol. The van der Waals surface area contributed by atoms with Crippen LogP contribution in [0.25, 0.3) is 0 Å². The summed E-state index contributed by atoms with van der Waals surface area (Å²) < 4.78 is 4.21. The standard InChI is InChI=1S/C7H9NO3/c1-2-3-4-5-6(9)11-7(10)8-5/h4H,2-3H2,1H3,(H,8,10)/b5-4+. The van der Waals surface area contributed by atoms with E-state index in [1.165, 1.54) is 0 Å². The number of ether oxygens (including phenoxy) is 1. The zero-order valence-electron chi connectivity index (χ0n) is 6.22. The van der Waals surface area contributed by atoms with Crippen molar-refractivity contribution in [2.75, 3.05) is 0 Å². The van der Waals surface area contributed by atoms with Crippen molar-refractivity contribution in [3.8, 4) is 0 Å². The molecule has 1 N–H and O–H groups in total. The first kappa shape index (κ1) is 7.78. The smallest absolute Gasteiger partial charge is 0.371 e. The molecule has 4 heteroatoms. The van der Waals surface area contributed by atoms with Gasteiger partial charge in [0.15, 0.2) is 0 Å². The summed E-state index contributed by atoms with van der Waals surface area (Å²) in [7, 11) is 0. The fourth-order valence-corrected chi connectivity index (χ4v) is 0.749. The van der Waals surface area contributed by atoms with Gasteiger partial charge >= 0.3 is 12.1 Å². The van der Waals surface area contributed by atoms with Crippen LogP contribution in [0.15, 0.2) is 11.8 Å². The van der Waals surface area contributed by atoms with Gasteiger partial charge in [-0.25, -0.2) is 9.59 Å². The largest absolute Gasteiger partial charge is 0.419 e. The Morgan fingerprint density at radius 3 is 2.73 bits per heavy atom. The molecule has 0 bridgehead atoms. The topological polar surface area (TPSA) is 55.4 Å². The SMILES string of the molecule is CCC/C=C1/NC(=O)OC1=O. The summed E-state index contributed by atoms with van der Waals surface area (Å²) in [5.41, 5.74) is 0.261. The molecule has 0 aromatic carbocycles. The van der Waals surface area contributed by atoms with Crippen LogP contribution < -0.4 is 5.32 Å². The highest BCUT2D eigenvalue weighted by Gasteiger charge is 2.25. The normalized spacial score (nSPS) is 20.3. The minimum Gasteiger partial charge on any atom is -0.371 e. The summed E-state index contributed by atoms with van der Waals surface area (Å²) in [6, 6.07) is 0. The van der Waals surface area contributed by atoms with Crippen molar-refractivity contribution >= 4 is 12.1 Å². The van der Waals surface area contributed by atoms with Gasteiger partial charge in [0, 0.05) is 0 Å². The first-order chi connectivity index (χ1) is 5.24. The first-order valence-electron chi connectivity index (χ1n) is 3.47. The van der Waals surface area contributed by atoms with Crippen LogP contribution in [-0.4, -0.2) is 12.1 Å². The highest BCUT2D eigenvalue weighted by atomic mass is 16.6. The van der Waals surface area contributed by atoms with Crippen molar-refractivity contribution in [3.05, 3.63) is 11.8 Å². The summed E-state index contributed by atoms with van der Waals surface area (Å²) in [5.74, 6) is -0.580.